The third kappa shape index (κ3) is 5.23. The standard InChI is InChI=1S/C16H19F3N4S/c1-3-14-23-13(10-24-14)9-22-15(20-2)21-8-11-5-4-6-12(7-11)16(17,18)19/h4-7,10H,3,8-9H2,1-2H3,(H2,20,21,22). The maximum atomic E-state index is 12.7. The number of aliphatic imine (C=N–C) groups is 1. The van der Waals surface area contributed by atoms with Crippen molar-refractivity contribution in [1.82, 2.24) is 15.6 Å². The molecule has 0 aliphatic rings. The van der Waals surface area contributed by atoms with Crippen LogP contribution in [0, 0.1) is 0 Å². The van der Waals surface area contributed by atoms with Crippen molar-refractivity contribution in [2.75, 3.05) is 7.05 Å². The number of rotatable bonds is 5. The molecule has 0 aliphatic carbocycles. The number of nitrogens with zero attached hydrogens (tertiary/aromatic N) is 2. The van der Waals surface area contributed by atoms with E-state index in [9.17, 15) is 13.2 Å². The lowest BCUT2D eigenvalue weighted by Gasteiger charge is -2.12. The number of hydrogen-bond acceptors (Lipinski definition) is 3. The Morgan fingerprint density at radius 3 is 2.62 bits per heavy atom. The molecule has 0 amide bonds. The lowest BCUT2D eigenvalue weighted by atomic mass is 10.1. The van der Waals surface area contributed by atoms with Crippen molar-refractivity contribution in [3.05, 3.63) is 51.5 Å². The van der Waals surface area contributed by atoms with Crippen LogP contribution >= 0.6 is 11.3 Å². The molecule has 0 saturated heterocycles. The molecule has 2 aromatic rings. The van der Waals surface area contributed by atoms with Crippen molar-refractivity contribution in [1.29, 1.82) is 0 Å². The Bertz CT molecular complexity index is 695. The second-order valence-corrected chi connectivity index (χ2v) is 6.01. The molecule has 130 valence electrons. The van der Waals surface area contributed by atoms with Crippen LogP contribution in [0.5, 0.6) is 0 Å². The highest BCUT2D eigenvalue weighted by atomic mass is 32.1. The molecule has 0 unspecified atom stereocenters. The molecular formula is C16H19F3N4S. The first-order chi connectivity index (χ1) is 11.4. The topological polar surface area (TPSA) is 49.3 Å². The molecule has 0 aliphatic heterocycles. The van der Waals surface area contributed by atoms with Gasteiger partial charge in [-0.2, -0.15) is 13.2 Å². The van der Waals surface area contributed by atoms with Crippen molar-refractivity contribution in [2.24, 2.45) is 4.99 Å². The molecule has 1 aromatic carbocycles. The maximum absolute atomic E-state index is 12.7. The zero-order chi connectivity index (χ0) is 17.6. The number of hydrogen-bond donors (Lipinski definition) is 2. The van der Waals surface area contributed by atoms with Gasteiger partial charge < -0.3 is 10.6 Å². The number of alkyl halides is 3. The molecule has 0 saturated carbocycles. The van der Waals surface area contributed by atoms with Gasteiger partial charge in [0.1, 0.15) is 0 Å². The second-order valence-electron chi connectivity index (χ2n) is 5.06. The van der Waals surface area contributed by atoms with Gasteiger partial charge in [0.05, 0.1) is 22.8 Å². The van der Waals surface area contributed by atoms with Gasteiger partial charge in [-0.1, -0.05) is 19.1 Å². The fraction of sp³-hybridized carbons (Fsp3) is 0.375. The first kappa shape index (κ1) is 18.3. The van der Waals surface area contributed by atoms with Crippen LogP contribution in [0.15, 0.2) is 34.6 Å². The summed E-state index contributed by atoms with van der Waals surface area (Å²) in [6.07, 6.45) is -3.44. The fourth-order valence-electron chi connectivity index (χ4n) is 2.03. The predicted molar refractivity (Wildman–Crippen MR) is 90.0 cm³/mol. The second kappa shape index (κ2) is 8.14. The summed E-state index contributed by atoms with van der Waals surface area (Å²) in [5.74, 6) is 0.512. The van der Waals surface area contributed by atoms with Crippen molar-refractivity contribution in [3.63, 3.8) is 0 Å². The summed E-state index contributed by atoms with van der Waals surface area (Å²) in [5, 5.41) is 9.15. The van der Waals surface area contributed by atoms with Gasteiger partial charge in [0.25, 0.3) is 0 Å². The third-order valence-electron chi connectivity index (χ3n) is 3.28. The van der Waals surface area contributed by atoms with E-state index in [4.69, 9.17) is 0 Å². The minimum Gasteiger partial charge on any atom is -0.352 e. The summed E-state index contributed by atoms with van der Waals surface area (Å²) in [6, 6.07) is 5.24. The van der Waals surface area contributed by atoms with Crippen molar-refractivity contribution in [3.8, 4) is 0 Å². The summed E-state index contributed by atoms with van der Waals surface area (Å²) < 4.78 is 38.1. The average Bonchev–Trinajstić information content (AvgIpc) is 3.02. The quantitative estimate of drug-likeness (QED) is 0.636. The highest BCUT2D eigenvalue weighted by Crippen LogP contribution is 2.29. The molecule has 0 atom stereocenters. The van der Waals surface area contributed by atoms with E-state index in [1.807, 2.05) is 12.3 Å². The lowest BCUT2D eigenvalue weighted by Crippen LogP contribution is -2.36. The van der Waals surface area contributed by atoms with E-state index >= 15 is 0 Å². The Labute approximate surface area is 142 Å². The Balaban J connectivity index is 1.89. The first-order valence-corrected chi connectivity index (χ1v) is 8.34. The molecule has 0 bridgehead atoms. The van der Waals surface area contributed by atoms with Crippen LogP contribution in [0.4, 0.5) is 13.2 Å². The Kier molecular flexibility index (Phi) is 6.19. The lowest BCUT2D eigenvalue weighted by molar-refractivity contribution is -0.137. The highest BCUT2D eigenvalue weighted by Gasteiger charge is 2.30. The zero-order valence-corrected chi connectivity index (χ0v) is 14.3. The van der Waals surface area contributed by atoms with Gasteiger partial charge in [-0.3, -0.25) is 4.99 Å². The SMILES string of the molecule is CCc1nc(CNC(=NC)NCc2cccc(C(F)(F)F)c2)cs1. The van der Waals surface area contributed by atoms with E-state index in [2.05, 4.69) is 20.6 Å². The van der Waals surface area contributed by atoms with Gasteiger partial charge in [-0.25, -0.2) is 4.98 Å². The fourth-order valence-corrected chi connectivity index (χ4v) is 2.78. The van der Waals surface area contributed by atoms with Crippen molar-refractivity contribution < 1.29 is 13.2 Å². The molecule has 1 aromatic heterocycles. The average molecular weight is 356 g/mol. The summed E-state index contributed by atoms with van der Waals surface area (Å²) in [4.78, 5) is 8.50. The van der Waals surface area contributed by atoms with Crippen LogP contribution < -0.4 is 10.6 Å². The molecular weight excluding hydrogens is 337 g/mol. The molecule has 0 radical (unpaired) electrons. The highest BCUT2D eigenvalue weighted by molar-refractivity contribution is 7.09. The van der Waals surface area contributed by atoms with Crippen molar-refractivity contribution in [2.45, 2.75) is 32.6 Å². The first-order valence-electron chi connectivity index (χ1n) is 7.46. The number of thiazole rings is 1. The smallest absolute Gasteiger partial charge is 0.352 e. The number of guanidine groups is 1. The Hall–Kier alpha value is -2.09. The number of aromatic nitrogens is 1. The Morgan fingerprint density at radius 2 is 2.00 bits per heavy atom. The molecule has 24 heavy (non-hydrogen) atoms. The van der Waals surface area contributed by atoms with Crippen LogP contribution in [-0.2, 0) is 25.7 Å². The Morgan fingerprint density at radius 1 is 1.25 bits per heavy atom. The van der Waals surface area contributed by atoms with Gasteiger partial charge in [-0.05, 0) is 24.1 Å². The zero-order valence-electron chi connectivity index (χ0n) is 13.4. The van der Waals surface area contributed by atoms with Gasteiger partial charge >= 0.3 is 6.18 Å². The van der Waals surface area contributed by atoms with E-state index in [-0.39, 0.29) is 6.54 Å². The third-order valence-corrected chi connectivity index (χ3v) is 4.32. The van der Waals surface area contributed by atoms with Crippen LogP contribution in [0.25, 0.3) is 0 Å². The van der Waals surface area contributed by atoms with Gasteiger partial charge in [-0.15, -0.1) is 11.3 Å². The summed E-state index contributed by atoms with van der Waals surface area (Å²) >= 11 is 1.60. The number of nitrogens with one attached hydrogen (secondary N) is 2. The van der Waals surface area contributed by atoms with E-state index < -0.39 is 11.7 Å². The normalized spacial score (nSPS) is 12.3. The number of benzene rings is 1. The minimum atomic E-state index is -4.34. The monoisotopic (exact) mass is 356 g/mol. The van der Waals surface area contributed by atoms with Gasteiger partial charge in [0.2, 0.25) is 0 Å². The molecule has 4 nitrogen and oxygen atoms in total. The number of aryl methyl sites for hydroxylation is 1. The van der Waals surface area contributed by atoms with Gasteiger partial charge in [0, 0.05) is 19.0 Å². The van der Waals surface area contributed by atoms with Crippen LogP contribution in [0.1, 0.15) is 28.8 Å². The van der Waals surface area contributed by atoms with E-state index in [0.717, 1.165) is 29.3 Å². The van der Waals surface area contributed by atoms with Gasteiger partial charge in [0.15, 0.2) is 5.96 Å². The predicted octanol–water partition coefficient (Wildman–Crippen LogP) is 3.59. The summed E-state index contributed by atoms with van der Waals surface area (Å²) in [6.45, 7) is 2.81. The van der Waals surface area contributed by atoms with Crippen LogP contribution in [0.3, 0.4) is 0 Å². The largest absolute Gasteiger partial charge is 0.416 e. The molecule has 2 rings (SSSR count). The number of halogens is 3. The summed E-state index contributed by atoms with van der Waals surface area (Å²) in [7, 11) is 1.61. The molecule has 2 N–H and O–H groups in total. The van der Waals surface area contributed by atoms with Crippen LogP contribution in [-0.4, -0.2) is 18.0 Å². The van der Waals surface area contributed by atoms with E-state index in [1.165, 1.54) is 6.07 Å². The van der Waals surface area contributed by atoms with Crippen LogP contribution in [0.2, 0.25) is 0 Å². The molecule has 0 spiro atoms. The minimum absolute atomic E-state index is 0.251. The molecule has 8 heteroatoms. The summed E-state index contributed by atoms with van der Waals surface area (Å²) in [5.41, 5.74) is 0.799. The van der Waals surface area contributed by atoms with E-state index in [1.54, 1.807) is 24.5 Å². The maximum Gasteiger partial charge on any atom is 0.416 e. The molecule has 1 heterocycles. The van der Waals surface area contributed by atoms with Crippen molar-refractivity contribution >= 4 is 17.3 Å². The molecule has 0 fully saturated rings. The van der Waals surface area contributed by atoms with E-state index in [0.29, 0.717) is 18.1 Å².